The number of hydrogen-bond acceptors (Lipinski definition) is 1. The molecule has 0 bridgehead atoms. The van der Waals surface area contributed by atoms with Crippen LogP contribution in [0.4, 0.5) is 0 Å². The second-order valence-electron chi connectivity index (χ2n) is 3.71. The van der Waals surface area contributed by atoms with Gasteiger partial charge in [-0.25, -0.2) is 0 Å². The Morgan fingerprint density at radius 1 is 1.31 bits per heavy atom. The Morgan fingerprint density at radius 3 is 2.46 bits per heavy atom. The van der Waals surface area contributed by atoms with Crippen molar-refractivity contribution in [1.82, 2.24) is 0 Å². The van der Waals surface area contributed by atoms with Crippen molar-refractivity contribution < 1.29 is 4.74 Å². The lowest BCUT2D eigenvalue weighted by molar-refractivity contribution is 0.0590. The van der Waals surface area contributed by atoms with Crippen LogP contribution in [0, 0.1) is 0 Å². The number of rotatable bonds is 4. The SMILES string of the molecule is C=COC(C)(C)Cc1ccccc1. The van der Waals surface area contributed by atoms with Crippen molar-refractivity contribution in [3.8, 4) is 0 Å². The number of benzene rings is 1. The third-order valence-corrected chi connectivity index (χ3v) is 1.88. The zero-order chi connectivity index (χ0) is 9.73. The summed E-state index contributed by atoms with van der Waals surface area (Å²) in [6, 6.07) is 10.3. The first kappa shape index (κ1) is 9.85. The molecule has 13 heavy (non-hydrogen) atoms. The van der Waals surface area contributed by atoms with Gasteiger partial charge in [-0.1, -0.05) is 36.9 Å². The van der Waals surface area contributed by atoms with Crippen LogP contribution in [-0.2, 0) is 11.2 Å². The molecule has 0 fully saturated rings. The second-order valence-corrected chi connectivity index (χ2v) is 3.71. The third kappa shape index (κ3) is 3.32. The van der Waals surface area contributed by atoms with Gasteiger partial charge >= 0.3 is 0 Å². The summed E-state index contributed by atoms with van der Waals surface area (Å²) < 4.78 is 5.40. The van der Waals surface area contributed by atoms with E-state index in [4.69, 9.17) is 4.74 Å². The molecule has 0 radical (unpaired) electrons. The maximum atomic E-state index is 5.40. The quantitative estimate of drug-likeness (QED) is 0.640. The molecule has 0 aliphatic carbocycles. The van der Waals surface area contributed by atoms with E-state index in [2.05, 4.69) is 32.6 Å². The smallest absolute Gasteiger partial charge is 0.107 e. The van der Waals surface area contributed by atoms with E-state index in [1.165, 1.54) is 11.8 Å². The van der Waals surface area contributed by atoms with Crippen LogP contribution in [0.2, 0.25) is 0 Å². The molecule has 70 valence electrons. The van der Waals surface area contributed by atoms with E-state index >= 15 is 0 Å². The molecule has 0 aliphatic rings. The summed E-state index contributed by atoms with van der Waals surface area (Å²) in [4.78, 5) is 0. The molecule has 0 aliphatic heterocycles. The van der Waals surface area contributed by atoms with Crippen LogP contribution in [0.3, 0.4) is 0 Å². The van der Waals surface area contributed by atoms with Gasteiger partial charge in [0.15, 0.2) is 0 Å². The fraction of sp³-hybridized carbons (Fsp3) is 0.333. The Labute approximate surface area is 80.0 Å². The molecule has 0 unspecified atom stereocenters. The Morgan fingerprint density at radius 2 is 1.92 bits per heavy atom. The van der Waals surface area contributed by atoms with Gasteiger partial charge in [0.2, 0.25) is 0 Å². The molecule has 1 aromatic carbocycles. The lowest BCUT2D eigenvalue weighted by Crippen LogP contribution is -2.24. The Bertz CT molecular complexity index is 262. The van der Waals surface area contributed by atoms with Gasteiger partial charge in [-0.15, -0.1) is 0 Å². The van der Waals surface area contributed by atoms with Gasteiger partial charge in [0.25, 0.3) is 0 Å². The minimum atomic E-state index is -0.164. The molecule has 0 amide bonds. The molecule has 1 rings (SSSR count). The monoisotopic (exact) mass is 176 g/mol. The molecule has 1 aromatic rings. The van der Waals surface area contributed by atoms with Crippen LogP contribution in [0.5, 0.6) is 0 Å². The predicted molar refractivity (Wildman–Crippen MR) is 55.5 cm³/mol. The van der Waals surface area contributed by atoms with Crippen LogP contribution < -0.4 is 0 Å². The van der Waals surface area contributed by atoms with Crippen LogP contribution in [-0.4, -0.2) is 5.60 Å². The normalized spacial score (nSPS) is 10.9. The lowest BCUT2D eigenvalue weighted by Gasteiger charge is -2.24. The molecule has 0 spiro atoms. The van der Waals surface area contributed by atoms with Gasteiger partial charge < -0.3 is 4.74 Å². The van der Waals surface area contributed by atoms with Crippen molar-refractivity contribution in [3.63, 3.8) is 0 Å². The van der Waals surface area contributed by atoms with Crippen LogP contribution in [0.25, 0.3) is 0 Å². The second kappa shape index (κ2) is 4.13. The van der Waals surface area contributed by atoms with Crippen LogP contribution >= 0.6 is 0 Å². The Balaban J connectivity index is 2.63. The van der Waals surface area contributed by atoms with Crippen molar-refractivity contribution >= 4 is 0 Å². The fourth-order valence-electron chi connectivity index (χ4n) is 1.35. The maximum absolute atomic E-state index is 5.40. The minimum Gasteiger partial charge on any atom is -0.496 e. The molecule has 0 heterocycles. The first-order chi connectivity index (χ1) is 6.14. The largest absolute Gasteiger partial charge is 0.496 e. The highest BCUT2D eigenvalue weighted by atomic mass is 16.5. The molecule has 0 saturated heterocycles. The van der Waals surface area contributed by atoms with Crippen molar-refractivity contribution in [3.05, 3.63) is 48.7 Å². The molecule has 0 saturated carbocycles. The summed E-state index contributed by atoms with van der Waals surface area (Å²) >= 11 is 0. The standard InChI is InChI=1S/C12H16O/c1-4-13-12(2,3)10-11-8-6-5-7-9-11/h4-9H,1,10H2,2-3H3. The summed E-state index contributed by atoms with van der Waals surface area (Å²) in [5.41, 5.74) is 1.12. The molecular formula is C12H16O. The van der Waals surface area contributed by atoms with Gasteiger partial charge in [0, 0.05) is 6.42 Å². The number of hydrogen-bond donors (Lipinski definition) is 0. The van der Waals surface area contributed by atoms with Crippen LogP contribution in [0.1, 0.15) is 19.4 Å². The third-order valence-electron chi connectivity index (χ3n) is 1.88. The van der Waals surface area contributed by atoms with E-state index in [0.29, 0.717) is 0 Å². The lowest BCUT2D eigenvalue weighted by atomic mass is 9.99. The molecule has 1 nitrogen and oxygen atoms in total. The summed E-state index contributed by atoms with van der Waals surface area (Å²) in [7, 11) is 0. The van der Waals surface area contributed by atoms with Gasteiger partial charge in [-0.05, 0) is 19.4 Å². The van der Waals surface area contributed by atoms with Gasteiger partial charge in [0.1, 0.15) is 5.60 Å². The molecular weight excluding hydrogens is 160 g/mol. The summed E-state index contributed by atoms with van der Waals surface area (Å²) in [5.74, 6) is 0. The Kier molecular flexibility index (Phi) is 3.13. The molecule has 0 atom stereocenters. The van der Waals surface area contributed by atoms with Crippen molar-refractivity contribution in [1.29, 1.82) is 0 Å². The first-order valence-electron chi connectivity index (χ1n) is 4.47. The van der Waals surface area contributed by atoms with E-state index in [-0.39, 0.29) is 5.60 Å². The molecule has 1 heteroatoms. The highest BCUT2D eigenvalue weighted by molar-refractivity contribution is 5.16. The maximum Gasteiger partial charge on any atom is 0.107 e. The highest BCUT2D eigenvalue weighted by Crippen LogP contribution is 2.16. The van der Waals surface area contributed by atoms with E-state index < -0.39 is 0 Å². The van der Waals surface area contributed by atoms with E-state index in [0.717, 1.165) is 6.42 Å². The molecule has 0 N–H and O–H groups in total. The topological polar surface area (TPSA) is 9.23 Å². The summed E-state index contributed by atoms with van der Waals surface area (Å²) in [6.07, 6.45) is 2.41. The average molecular weight is 176 g/mol. The van der Waals surface area contributed by atoms with E-state index in [9.17, 15) is 0 Å². The zero-order valence-electron chi connectivity index (χ0n) is 8.29. The summed E-state index contributed by atoms with van der Waals surface area (Å²) in [6.45, 7) is 7.68. The van der Waals surface area contributed by atoms with Gasteiger partial charge in [0.05, 0.1) is 6.26 Å². The first-order valence-corrected chi connectivity index (χ1v) is 4.47. The minimum absolute atomic E-state index is 0.164. The molecule has 0 aromatic heterocycles. The summed E-state index contributed by atoms with van der Waals surface area (Å²) in [5, 5.41) is 0. The number of ether oxygens (including phenoxy) is 1. The van der Waals surface area contributed by atoms with Crippen molar-refractivity contribution in [2.45, 2.75) is 25.9 Å². The van der Waals surface area contributed by atoms with E-state index in [1.807, 2.05) is 18.2 Å². The fourth-order valence-corrected chi connectivity index (χ4v) is 1.35. The van der Waals surface area contributed by atoms with E-state index in [1.54, 1.807) is 0 Å². The average Bonchev–Trinajstić information content (AvgIpc) is 2.04. The van der Waals surface area contributed by atoms with Crippen molar-refractivity contribution in [2.24, 2.45) is 0 Å². The van der Waals surface area contributed by atoms with Gasteiger partial charge in [-0.3, -0.25) is 0 Å². The van der Waals surface area contributed by atoms with Crippen molar-refractivity contribution in [2.75, 3.05) is 0 Å². The zero-order valence-corrected chi connectivity index (χ0v) is 8.29. The van der Waals surface area contributed by atoms with Crippen LogP contribution in [0.15, 0.2) is 43.2 Å². The highest BCUT2D eigenvalue weighted by Gasteiger charge is 2.17. The Hall–Kier alpha value is -1.24. The predicted octanol–water partition coefficient (Wildman–Crippen LogP) is 3.17. The van der Waals surface area contributed by atoms with Gasteiger partial charge in [-0.2, -0.15) is 0 Å².